The number of thioether (sulfide) groups is 1. The van der Waals surface area contributed by atoms with Crippen LogP contribution in [0.5, 0.6) is 0 Å². The van der Waals surface area contributed by atoms with E-state index in [0.717, 1.165) is 34.7 Å². The molecule has 1 aromatic rings. The molecule has 1 rings (SSSR count). The number of aromatic nitrogens is 1. The van der Waals surface area contributed by atoms with Crippen molar-refractivity contribution >= 4 is 23.4 Å². The third-order valence-corrected chi connectivity index (χ3v) is 3.44. The first-order valence-corrected chi connectivity index (χ1v) is 6.89. The van der Waals surface area contributed by atoms with Crippen LogP contribution in [0.3, 0.4) is 0 Å². The zero-order valence-corrected chi connectivity index (χ0v) is 11.0. The summed E-state index contributed by atoms with van der Waals surface area (Å²) in [5.41, 5.74) is 1.000. The van der Waals surface area contributed by atoms with Gasteiger partial charge in [-0.3, -0.25) is 0 Å². The number of hydrogen-bond donors (Lipinski definition) is 0. The largest absolute Gasteiger partial charge is 0.437 e. The van der Waals surface area contributed by atoms with Crippen LogP contribution >= 0.6 is 23.4 Å². The molecular formula is C11H18ClNOS. The van der Waals surface area contributed by atoms with E-state index in [-0.39, 0.29) is 0 Å². The van der Waals surface area contributed by atoms with Gasteiger partial charge >= 0.3 is 0 Å². The molecule has 0 aliphatic heterocycles. The maximum absolute atomic E-state index is 5.60. The van der Waals surface area contributed by atoms with Crippen LogP contribution in [0.4, 0.5) is 0 Å². The lowest BCUT2D eigenvalue weighted by Gasteiger charge is -1.97. The molecule has 0 amide bonds. The number of nitrogens with zero attached hydrogens (tertiary/aromatic N) is 1. The molecule has 0 spiro atoms. The monoisotopic (exact) mass is 247 g/mol. The number of hydrogen-bond acceptors (Lipinski definition) is 3. The van der Waals surface area contributed by atoms with Gasteiger partial charge in [-0.25, -0.2) is 4.98 Å². The Balaban J connectivity index is 2.10. The molecule has 0 unspecified atom stereocenters. The van der Waals surface area contributed by atoms with E-state index in [2.05, 4.69) is 4.98 Å². The summed E-state index contributed by atoms with van der Waals surface area (Å²) in [7, 11) is 0. The van der Waals surface area contributed by atoms with Crippen molar-refractivity contribution in [2.45, 2.75) is 44.8 Å². The van der Waals surface area contributed by atoms with E-state index in [9.17, 15) is 0 Å². The molecule has 0 radical (unpaired) electrons. The molecule has 0 bridgehead atoms. The third-order valence-electron chi connectivity index (χ3n) is 2.26. The molecule has 4 heteroatoms. The van der Waals surface area contributed by atoms with Crippen LogP contribution in [0.2, 0.25) is 0 Å². The van der Waals surface area contributed by atoms with Crippen molar-refractivity contribution in [3.05, 3.63) is 11.5 Å². The smallest absolute Gasteiger partial charge is 0.256 e. The molecule has 2 nitrogen and oxygen atoms in total. The fraction of sp³-hybridized carbons (Fsp3) is 0.727. The lowest BCUT2D eigenvalue weighted by Crippen LogP contribution is -1.83. The predicted octanol–water partition coefficient (Wildman–Crippen LogP) is 4.18. The van der Waals surface area contributed by atoms with E-state index in [1.807, 2.05) is 13.8 Å². The Morgan fingerprint density at radius 1 is 1.20 bits per heavy atom. The van der Waals surface area contributed by atoms with Gasteiger partial charge in [0.15, 0.2) is 0 Å². The fourth-order valence-electron chi connectivity index (χ4n) is 1.21. The summed E-state index contributed by atoms with van der Waals surface area (Å²) in [6.07, 6.45) is 4.82. The van der Waals surface area contributed by atoms with Crippen LogP contribution in [0.15, 0.2) is 9.64 Å². The van der Waals surface area contributed by atoms with Gasteiger partial charge in [0, 0.05) is 11.6 Å². The second kappa shape index (κ2) is 7.18. The summed E-state index contributed by atoms with van der Waals surface area (Å²) in [5, 5.41) is 0.808. The topological polar surface area (TPSA) is 26.0 Å². The van der Waals surface area contributed by atoms with E-state index >= 15 is 0 Å². The van der Waals surface area contributed by atoms with Gasteiger partial charge in [-0.05, 0) is 26.7 Å². The van der Waals surface area contributed by atoms with Crippen LogP contribution in [-0.2, 0) is 0 Å². The Kier molecular flexibility index (Phi) is 6.18. The van der Waals surface area contributed by atoms with E-state index in [1.54, 1.807) is 11.8 Å². The average Bonchev–Trinajstić information content (AvgIpc) is 2.52. The first-order valence-electron chi connectivity index (χ1n) is 5.37. The van der Waals surface area contributed by atoms with E-state index in [1.165, 1.54) is 19.3 Å². The number of alkyl halides is 1. The van der Waals surface area contributed by atoms with Crippen LogP contribution in [0, 0.1) is 13.8 Å². The standard InChI is InChI=1S/C11H18ClNOS/c1-9-10(2)14-11(13-9)15-8-6-4-3-5-7-12/h3-8H2,1-2H3. The van der Waals surface area contributed by atoms with Crippen LogP contribution in [0.25, 0.3) is 0 Å². The average molecular weight is 248 g/mol. The zero-order valence-electron chi connectivity index (χ0n) is 9.38. The minimum absolute atomic E-state index is 0.783. The minimum Gasteiger partial charge on any atom is -0.437 e. The first kappa shape index (κ1) is 12.9. The van der Waals surface area contributed by atoms with Crippen molar-refractivity contribution in [1.82, 2.24) is 4.98 Å². The third kappa shape index (κ3) is 4.94. The molecule has 0 aliphatic rings. The van der Waals surface area contributed by atoms with Gasteiger partial charge in [0.25, 0.3) is 5.22 Å². The Morgan fingerprint density at radius 3 is 2.53 bits per heavy atom. The van der Waals surface area contributed by atoms with Gasteiger partial charge in [-0.1, -0.05) is 24.6 Å². The number of halogens is 1. The van der Waals surface area contributed by atoms with Gasteiger partial charge in [-0.2, -0.15) is 0 Å². The first-order chi connectivity index (χ1) is 7.24. The SMILES string of the molecule is Cc1nc(SCCCCCCCl)oc1C. The molecule has 0 saturated carbocycles. The van der Waals surface area contributed by atoms with Crippen molar-refractivity contribution < 1.29 is 4.42 Å². The molecule has 0 fully saturated rings. The summed E-state index contributed by atoms with van der Waals surface area (Å²) in [5.74, 6) is 2.80. The highest BCUT2D eigenvalue weighted by molar-refractivity contribution is 7.99. The molecule has 0 saturated heterocycles. The number of unbranched alkanes of at least 4 members (excludes halogenated alkanes) is 3. The summed E-state index contributed by atoms with van der Waals surface area (Å²) in [6, 6.07) is 0. The second-order valence-electron chi connectivity index (χ2n) is 3.57. The van der Waals surface area contributed by atoms with Gasteiger partial charge < -0.3 is 4.42 Å². The normalized spacial score (nSPS) is 10.9. The van der Waals surface area contributed by atoms with Crippen molar-refractivity contribution in [2.75, 3.05) is 11.6 Å². The van der Waals surface area contributed by atoms with Crippen molar-refractivity contribution in [3.8, 4) is 0 Å². The van der Waals surface area contributed by atoms with Crippen molar-refractivity contribution in [2.24, 2.45) is 0 Å². The molecule has 1 heterocycles. The van der Waals surface area contributed by atoms with E-state index < -0.39 is 0 Å². The van der Waals surface area contributed by atoms with Gasteiger partial charge in [-0.15, -0.1) is 11.6 Å². The Bertz CT molecular complexity index is 269. The summed E-state index contributed by atoms with van der Waals surface area (Å²) in [4.78, 5) is 4.32. The Morgan fingerprint density at radius 2 is 1.93 bits per heavy atom. The lowest BCUT2D eigenvalue weighted by molar-refractivity contribution is 0.431. The number of aryl methyl sites for hydroxylation is 2. The highest BCUT2D eigenvalue weighted by Crippen LogP contribution is 2.21. The highest BCUT2D eigenvalue weighted by atomic mass is 35.5. The molecule has 1 aromatic heterocycles. The van der Waals surface area contributed by atoms with Gasteiger partial charge in [0.2, 0.25) is 0 Å². The summed E-state index contributed by atoms with van der Waals surface area (Å²) in [6.45, 7) is 3.93. The predicted molar refractivity (Wildman–Crippen MR) is 65.9 cm³/mol. The molecule has 86 valence electrons. The molecule has 15 heavy (non-hydrogen) atoms. The van der Waals surface area contributed by atoms with E-state index in [4.69, 9.17) is 16.0 Å². The minimum atomic E-state index is 0.783. The van der Waals surface area contributed by atoms with Crippen molar-refractivity contribution in [3.63, 3.8) is 0 Å². The molecule has 0 aromatic carbocycles. The van der Waals surface area contributed by atoms with Gasteiger partial charge in [0.1, 0.15) is 5.76 Å². The molecule has 0 N–H and O–H groups in total. The quantitative estimate of drug-likeness (QED) is 0.411. The summed E-state index contributed by atoms with van der Waals surface area (Å²) >= 11 is 7.30. The van der Waals surface area contributed by atoms with Crippen LogP contribution in [-0.4, -0.2) is 16.6 Å². The fourth-order valence-corrected chi connectivity index (χ4v) is 2.31. The second-order valence-corrected chi connectivity index (χ2v) is 5.00. The Labute approximate surface area is 101 Å². The zero-order chi connectivity index (χ0) is 11.1. The number of oxazole rings is 1. The van der Waals surface area contributed by atoms with Crippen LogP contribution < -0.4 is 0 Å². The van der Waals surface area contributed by atoms with Crippen LogP contribution in [0.1, 0.15) is 37.1 Å². The van der Waals surface area contributed by atoms with Gasteiger partial charge in [0.05, 0.1) is 5.69 Å². The maximum atomic E-state index is 5.60. The lowest BCUT2D eigenvalue weighted by atomic mass is 10.2. The highest BCUT2D eigenvalue weighted by Gasteiger charge is 2.04. The maximum Gasteiger partial charge on any atom is 0.256 e. The summed E-state index contributed by atoms with van der Waals surface area (Å²) < 4.78 is 5.47. The number of rotatable bonds is 7. The molecular weight excluding hydrogens is 230 g/mol. The molecule has 0 atom stereocenters. The van der Waals surface area contributed by atoms with Crippen molar-refractivity contribution in [1.29, 1.82) is 0 Å². The van der Waals surface area contributed by atoms with E-state index in [0.29, 0.717) is 0 Å². The molecule has 0 aliphatic carbocycles. The Hall–Kier alpha value is -0.150.